The molecule has 3 rings (SSSR count). The van der Waals surface area contributed by atoms with Crippen LogP contribution in [0, 0.1) is 6.92 Å². The SMILES string of the molecule is Cc1cc(NS(=O)(=O)c2c(Cl)nc3sccn23)cnc1Cl. The fraction of sp³-hybridized carbons (Fsp3) is 0.0909. The molecule has 10 heteroatoms. The minimum Gasteiger partial charge on any atom is -0.278 e. The molecular weight excluding hydrogens is 355 g/mol. The van der Waals surface area contributed by atoms with E-state index in [-0.39, 0.29) is 10.2 Å². The van der Waals surface area contributed by atoms with Gasteiger partial charge in [-0.25, -0.2) is 9.97 Å². The lowest BCUT2D eigenvalue weighted by atomic mass is 10.3. The number of sulfonamides is 1. The summed E-state index contributed by atoms with van der Waals surface area (Å²) in [6.07, 6.45) is 2.94. The highest BCUT2D eigenvalue weighted by Crippen LogP contribution is 2.27. The van der Waals surface area contributed by atoms with Crippen LogP contribution in [0.1, 0.15) is 5.56 Å². The van der Waals surface area contributed by atoms with Crippen LogP contribution in [0.4, 0.5) is 5.69 Å². The molecule has 0 spiro atoms. The van der Waals surface area contributed by atoms with Gasteiger partial charge in [0.1, 0.15) is 5.15 Å². The van der Waals surface area contributed by atoms with E-state index in [1.54, 1.807) is 24.6 Å². The van der Waals surface area contributed by atoms with Crippen LogP contribution in [0.5, 0.6) is 0 Å². The Morgan fingerprint density at radius 2 is 2.10 bits per heavy atom. The maximum absolute atomic E-state index is 12.5. The van der Waals surface area contributed by atoms with E-state index in [9.17, 15) is 8.42 Å². The van der Waals surface area contributed by atoms with Gasteiger partial charge in [0, 0.05) is 11.6 Å². The van der Waals surface area contributed by atoms with Crippen LogP contribution in [-0.2, 0) is 10.0 Å². The molecule has 0 atom stereocenters. The number of hydrogen-bond donors (Lipinski definition) is 1. The summed E-state index contributed by atoms with van der Waals surface area (Å²) in [6, 6.07) is 1.59. The lowest BCUT2D eigenvalue weighted by Crippen LogP contribution is -2.15. The number of hydrogen-bond acceptors (Lipinski definition) is 5. The van der Waals surface area contributed by atoms with Crippen molar-refractivity contribution in [2.75, 3.05) is 4.72 Å². The maximum Gasteiger partial charge on any atom is 0.281 e. The second kappa shape index (κ2) is 5.13. The van der Waals surface area contributed by atoms with Gasteiger partial charge in [0.2, 0.25) is 0 Å². The molecule has 0 fully saturated rings. The van der Waals surface area contributed by atoms with Crippen LogP contribution in [0.15, 0.2) is 28.9 Å². The van der Waals surface area contributed by atoms with Crippen LogP contribution in [0.25, 0.3) is 4.96 Å². The number of halogens is 2. The first kappa shape index (κ1) is 14.6. The smallest absolute Gasteiger partial charge is 0.278 e. The summed E-state index contributed by atoms with van der Waals surface area (Å²) in [4.78, 5) is 8.41. The number of fused-ring (bicyclic) bond motifs is 1. The summed E-state index contributed by atoms with van der Waals surface area (Å²) in [5.41, 5.74) is 0.968. The number of thiazole rings is 1. The molecule has 0 aliphatic rings. The van der Waals surface area contributed by atoms with E-state index in [2.05, 4.69) is 14.7 Å². The highest BCUT2D eigenvalue weighted by molar-refractivity contribution is 7.92. The molecule has 0 aliphatic carbocycles. The zero-order chi connectivity index (χ0) is 15.2. The van der Waals surface area contributed by atoms with E-state index in [4.69, 9.17) is 23.2 Å². The lowest BCUT2D eigenvalue weighted by Gasteiger charge is -2.08. The molecule has 0 amide bonds. The first-order valence-electron chi connectivity index (χ1n) is 5.64. The predicted octanol–water partition coefficient (Wildman–Crippen LogP) is 3.21. The highest BCUT2D eigenvalue weighted by atomic mass is 35.5. The first-order chi connectivity index (χ1) is 9.88. The predicted molar refractivity (Wildman–Crippen MR) is 82.9 cm³/mol. The molecule has 1 N–H and O–H groups in total. The van der Waals surface area contributed by atoms with Crippen molar-refractivity contribution in [1.29, 1.82) is 0 Å². The van der Waals surface area contributed by atoms with E-state index >= 15 is 0 Å². The number of nitrogens with one attached hydrogen (secondary N) is 1. The third-order valence-electron chi connectivity index (χ3n) is 2.70. The summed E-state index contributed by atoms with van der Waals surface area (Å²) in [6.45, 7) is 1.73. The van der Waals surface area contributed by atoms with Gasteiger partial charge in [-0.05, 0) is 18.6 Å². The van der Waals surface area contributed by atoms with Crippen molar-refractivity contribution in [3.8, 4) is 0 Å². The van der Waals surface area contributed by atoms with Gasteiger partial charge in [-0.2, -0.15) is 8.42 Å². The fourth-order valence-electron chi connectivity index (χ4n) is 1.80. The summed E-state index contributed by atoms with van der Waals surface area (Å²) in [7, 11) is -3.88. The van der Waals surface area contributed by atoms with Crippen molar-refractivity contribution < 1.29 is 8.42 Å². The van der Waals surface area contributed by atoms with Crippen molar-refractivity contribution in [2.45, 2.75) is 11.9 Å². The van der Waals surface area contributed by atoms with Gasteiger partial charge < -0.3 is 0 Å². The standard InChI is InChI=1S/C11H8Cl2N4O2S2/c1-6-4-7(5-14-8(6)12)16-21(18,19)10-9(13)15-11-17(10)2-3-20-11/h2-5,16H,1H3. The molecule has 21 heavy (non-hydrogen) atoms. The molecular formula is C11H8Cl2N4O2S2. The largest absolute Gasteiger partial charge is 0.281 e. The van der Waals surface area contributed by atoms with Crippen molar-refractivity contribution >= 4 is 55.2 Å². The molecule has 0 radical (unpaired) electrons. The van der Waals surface area contributed by atoms with Crippen molar-refractivity contribution in [1.82, 2.24) is 14.4 Å². The Labute approximate surface area is 134 Å². The molecule has 0 saturated carbocycles. The number of nitrogens with zero attached hydrogens (tertiary/aromatic N) is 3. The molecule has 0 aromatic carbocycles. The van der Waals surface area contributed by atoms with Crippen LogP contribution in [0.2, 0.25) is 10.3 Å². The number of imidazole rings is 1. The molecule has 0 saturated heterocycles. The minimum absolute atomic E-state index is 0.0759. The van der Waals surface area contributed by atoms with Gasteiger partial charge in [0.05, 0.1) is 11.9 Å². The Kier molecular flexibility index (Phi) is 3.56. The average molecular weight is 363 g/mol. The van der Waals surface area contributed by atoms with Crippen molar-refractivity contribution in [2.24, 2.45) is 0 Å². The molecule has 0 bridgehead atoms. The van der Waals surface area contributed by atoms with E-state index in [1.807, 2.05) is 0 Å². The quantitative estimate of drug-likeness (QED) is 0.725. The Balaban J connectivity index is 2.06. The molecule has 0 unspecified atom stereocenters. The summed E-state index contributed by atoms with van der Waals surface area (Å²) in [5, 5.41) is 1.87. The first-order valence-corrected chi connectivity index (χ1v) is 8.76. The normalized spacial score (nSPS) is 12.0. The monoisotopic (exact) mass is 362 g/mol. The van der Waals surface area contributed by atoms with Gasteiger partial charge in [0.15, 0.2) is 15.1 Å². The Hall–Kier alpha value is -1.35. The second-order valence-corrected chi connectivity index (χ2v) is 7.39. The summed E-state index contributed by atoms with van der Waals surface area (Å²) >= 11 is 13.0. The molecule has 3 aromatic rings. The van der Waals surface area contributed by atoms with Gasteiger partial charge in [-0.3, -0.25) is 9.12 Å². The zero-order valence-electron chi connectivity index (χ0n) is 10.5. The minimum atomic E-state index is -3.88. The molecule has 6 nitrogen and oxygen atoms in total. The van der Waals surface area contributed by atoms with E-state index < -0.39 is 10.0 Å². The maximum atomic E-state index is 12.5. The number of anilines is 1. The third kappa shape index (κ3) is 2.59. The number of aromatic nitrogens is 3. The fourth-order valence-corrected chi connectivity index (χ4v) is 4.39. The summed E-state index contributed by atoms with van der Waals surface area (Å²) in [5.74, 6) is 0. The highest BCUT2D eigenvalue weighted by Gasteiger charge is 2.25. The van der Waals surface area contributed by atoms with E-state index in [1.165, 1.54) is 21.9 Å². The van der Waals surface area contributed by atoms with Crippen LogP contribution < -0.4 is 4.72 Å². The Bertz CT molecular complexity index is 933. The van der Waals surface area contributed by atoms with Gasteiger partial charge in [-0.1, -0.05) is 23.2 Å². The lowest BCUT2D eigenvalue weighted by molar-refractivity contribution is 0.596. The van der Waals surface area contributed by atoms with Gasteiger partial charge in [0.25, 0.3) is 10.0 Å². The van der Waals surface area contributed by atoms with Gasteiger partial charge >= 0.3 is 0 Å². The van der Waals surface area contributed by atoms with Crippen molar-refractivity contribution in [3.05, 3.63) is 39.7 Å². The second-order valence-electron chi connectivity index (χ2n) is 4.20. The molecule has 110 valence electrons. The molecule has 3 aromatic heterocycles. The van der Waals surface area contributed by atoms with Gasteiger partial charge in [-0.15, -0.1) is 11.3 Å². The van der Waals surface area contributed by atoms with E-state index in [0.29, 0.717) is 21.4 Å². The third-order valence-corrected chi connectivity index (χ3v) is 5.63. The Morgan fingerprint density at radius 3 is 2.81 bits per heavy atom. The Morgan fingerprint density at radius 1 is 1.33 bits per heavy atom. The average Bonchev–Trinajstić information content (AvgIpc) is 2.92. The number of aryl methyl sites for hydroxylation is 1. The zero-order valence-corrected chi connectivity index (χ0v) is 13.7. The van der Waals surface area contributed by atoms with Crippen LogP contribution in [-0.4, -0.2) is 22.8 Å². The molecule has 0 aliphatic heterocycles. The van der Waals surface area contributed by atoms with Crippen LogP contribution in [0.3, 0.4) is 0 Å². The summed E-state index contributed by atoms with van der Waals surface area (Å²) < 4.78 is 28.8. The number of pyridine rings is 1. The van der Waals surface area contributed by atoms with E-state index in [0.717, 1.165) is 0 Å². The van der Waals surface area contributed by atoms with Crippen molar-refractivity contribution in [3.63, 3.8) is 0 Å². The number of rotatable bonds is 3. The topological polar surface area (TPSA) is 76.4 Å². The molecule has 3 heterocycles. The van der Waals surface area contributed by atoms with Crippen LogP contribution >= 0.6 is 34.5 Å².